The maximum absolute atomic E-state index is 15.4. The number of piperidine rings is 6. The molecule has 2 N–H and O–H groups in total. The van der Waals surface area contributed by atoms with Gasteiger partial charge in [0.25, 0.3) is 0 Å². The topological polar surface area (TPSA) is 169 Å². The number of nitrogens with zero attached hydrogens (tertiary/aromatic N) is 9. The second-order valence-corrected chi connectivity index (χ2v) is 23.6. The zero-order chi connectivity index (χ0) is 49.7. The molecule has 384 valence electrons. The normalized spacial score (nSPS) is 28.5. The molecule has 1 spiro atoms. The Kier molecular flexibility index (Phi) is 11.9. The van der Waals surface area contributed by atoms with Gasteiger partial charge in [-0.1, -0.05) is 24.6 Å². The predicted molar refractivity (Wildman–Crippen MR) is 278 cm³/mol. The molecule has 0 radical (unpaired) electrons. The van der Waals surface area contributed by atoms with E-state index in [9.17, 15) is 19.2 Å². The molecule has 14 rings (SSSR count). The predicted octanol–water partition coefficient (Wildman–Crippen LogP) is 6.94. The zero-order valence-corrected chi connectivity index (χ0v) is 42.6. The van der Waals surface area contributed by atoms with E-state index in [1.807, 2.05) is 23.4 Å². The summed E-state index contributed by atoms with van der Waals surface area (Å²) in [4.78, 5) is 94.8. The number of hydrogen-bond donors (Lipinski definition) is 2. The molecule has 1 aromatic carbocycles. The second kappa shape index (κ2) is 18.5. The first-order valence-corrected chi connectivity index (χ1v) is 28.0. The highest BCUT2D eigenvalue weighted by Crippen LogP contribution is 2.53. The van der Waals surface area contributed by atoms with Crippen LogP contribution in [-0.2, 0) is 29.4 Å². The number of imide groups is 1. The Bertz CT molecular complexity index is 2830. The van der Waals surface area contributed by atoms with Gasteiger partial charge in [-0.2, -0.15) is 0 Å². The lowest BCUT2D eigenvalue weighted by molar-refractivity contribution is -0.156. The minimum atomic E-state index is -0.694. The maximum Gasteiger partial charge on any atom is 0.238 e. The molecule has 16 heteroatoms. The largest absolute Gasteiger partial charge is 0.366 e. The van der Waals surface area contributed by atoms with Crippen LogP contribution in [0.2, 0.25) is 0 Å². The second-order valence-electron chi connectivity index (χ2n) is 23.6. The van der Waals surface area contributed by atoms with Crippen LogP contribution in [0.25, 0.3) is 22.3 Å². The lowest BCUT2D eigenvalue weighted by atomic mass is 9.70. The number of benzene rings is 1. The lowest BCUT2D eigenvalue weighted by Crippen LogP contribution is -2.62. The number of pyridine rings is 2. The van der Waals surface area contributed by atoms with Gasteiger partial charge in [0.1, 0.15) is 11.3 Å². The van der Waals surface area contributed by atoms with Crippen molar-refractivity contribution < 1.29 is 24.0 Å². The summed E-state index contributed by atoms with van der Waals surface area (Å²) in [6.07, 6.45) is 17.9. The molecule has 4 atom stereocenters. The van der Waals surface area contributed by atoms with Crippen LogP contribution in [0.4, 0.5) is 17.3 Å². The van der Waals surface area contributed by atoms with Crippen LogP contribution in [0.3, 0.4) is 0 Å². The molecular weight excluding hydrogens is 919 g/mol. The number of fused-ring (bicyclic) bond motifs is 6. The van der Waals surface area contributed by atoms with Crippen LogP contribution in [0.1, 0.15) is 140 Å². The number of hydrogen-bond acceptors (Lipinski definition) is 11. The smallest absolute Gasteiger partial charge is 0.238 e. The monoisotopic (exact) mass is 990 g/mol. The average molecular weight is 990 g/mol. The van der Waals surface area contributed by atoms with E-state index in [1.165, 1.54) is 19.3 Å². The van der Waals surface area contributed by atoms with Crippen LogP contribution in [0.5, 0.6) is 0 Å². The van der Waals surface area contributed by atoms with Gasteiger partial charge in [0, 0.05) is 92.7 Å². The first kappa shape index (κ1) is 46.9. The van der Waals surface area contributed by atoms with E-state index in [4.69, 9.17) is 15.0 Å². The minimum absolute atomic E-state index is 0.0958. The highest BCUT2D eigenvalue weighted by atomic mass is 16.2. The SMILES string of the molecule is CC(C)n1cnc2cc(-c3ccc4c(c3)N(C3CC(N5CCCCC5)C3)C(=O)C43CCN(C(=O)C4CC5CCC4N(C(=O)C4CCN(c6ccc([C@H]7CCC(=O)NC7=O)cn6)CC4)C5)CC3)nc(NC3CC3)c21. The summed E-state index contributed by atoms with van der Waals surface area (Å²) in [5, 5.41) is 6.15. The minimum Gasteiger partial charge on any atom is -0.366 e. The van der Waals surface area contributed by atoms with Gasteiger partial charge in [-0.05, 0) is 152 Å². The first-order chi connectivity index (χ1) is 35.5. The van der Waals surface area contributed by atoms with Gasteiger partial charge in [-0.3, -0.25) is 29.3 Å². The standard InChI is InChI=1S/C57H71N11O5/c1-34(2)67-33-59-46-30-45(61-52(51(46)67)60-39-9-10-39)37-7-12-44-48(27-37)68(41-28-40(29-41)63-20-4-3-5-21-63)56(73)57(44)18-24-65(25-19-57)55(72)43-26-35-6-13-47(43)66(32-35)54(71)36-16-22-64(23-17-36)49-14-8-38(31-58-49)42-11-15-50(69)62-53(42)70/h7-8,12,14,27,30-31,33-36,39-43,47H,3-6,9-11,13,15-26,28-29,32H2,1-2H3,(H,60,61)(H,62,69,70)/t35?,40?,41?,42-,43?,47?/m1/s1. The first-order valence-electron chi connectivity index (χ1n) is 28.0. The molecule has 10 aliphatic rings. The summed E-state index contributed by atoms with van der Waals surface area (Å²) in [5.74, 6) is 1.37. The molecule has 3 unspecified atom stereocenters. The zero-order valence-electron chi connectivity index (χ0n) is 42.6. The quantitative estimate of drug-likeness (QED) is 0.158. The fraction of sp³-hybridized carbons (Fsp3) is 0.614. The summed E-state index contributed by atoms with van der Waals surface area (Å²) in [5.41, 5.74) is 6.01. The third-order valence-electron chi connectivity index (χ3n) is 19.0. The molecule has 2 bridgehead atoms. The van der Waals surface area contributed by atoms with Crippen molar-refractivity contribution in [2.45, 2.75) is 158 Å². The third kappa shape index (κ3) is 8.28. The number of anilines is 3. The number of carbonyl (C=O) groups is 5. The molecule has 10 heterocycles. The van der Waals surface area contributed by atoms with Crippen molar-refractivity contribution in [1.82, 2.24) is 39.5 Å². The van der Waals surface area contributed by atoms with Gasteiger partial charge < -0.3 is 34.4 Å². The number of likely N-dealkylation sites (tertiary alicyclic amines) is 2. The van der Waals surface area contributed by atoms with Gasteiger partial charge in [0.15, 0.2) is 5.82 Å². The molecule has 4 aromatic rings. The molecule has 6 saturated heterocycles. The van der Waals surface area contributed by atoms with Gasteiger partial charge >= 0.3 is 0 Å². The summed E-state index contributed by atoms with van der Waals surface area (Å²) in [7, 11) is 0. The van der Waals surface area contributed by atoms with E-state index in [2.05, 4.69) is 72.9 Å². The van der Waals surface area contributed by atoms with Crippen molar-refractivity contribution >= 4 is 57.9 Å². The molecule has 5 amide bonds. The van der Waals surface area contributed by atoms with Gasteiger partial charge in [0.2, 0.25) is 29.5 Å². The van der Waals surface area contributed by atoms with Crippen LogP contribution >= 0.6 is 0 Å². The number of rotatable bonds is 10. The van der Waals surface area contributed by atoms with E-state index in [0.29, 0.717) is 69.9 Å². The fourth-order valence-corrected chi connectivity index (χ4v) is 14.5. The number of amides is 5. The van der Waals surface area contributed by atoms with E-state index in [-0.39, 0.29) is 65.4 Å². The fourth-order valence-electron chi connectivity index (χ4n) is 14.5. The van der Waals surface area contributed by atoms with Crippen LogP contribution < -0.4 is 20.4 Å². The van der Waals surface area contributed by atoms with Crippen molar-refractivity contribution in [3.8, 4) is 11.3 Å². The van der Waals surface area contributed by atoms with Gasteiger partial charge in [0.05, 0.1) is 34.8 Å². The lowest BCUT2D eigenvalue weighted by Gasteiger charge is -2.52. The van der Waals surface area contributed by atoms with E-state index >= 15 is 4.79 Å². The summed E-state index contributed by atoms with van der Waals surface area (Å²) in [6, 6.07) is 13.8. The third-order valence-corrected chi connectivity index (χ3v) is 19.0. The van der Waals surface area contributed by atoms with Crippen LogP contribution in [0.15, 0.2) is 48.9 Å². The van der Waals surface area contributed by atoms with Crippen LogP contribution in [-0.4, -0.2) is 134 Å². The van der Waals surface area contributed by atoms with E-state index in [1.54, 1.807) is 6.20 Å². The molecule has 3 saturated carbocycles. The van der Waals surface area contributed by atoms with Gasteiger partial charge in [-0.25, -0.2) is 15.0 Å². The molecule has 7 aliphatic heterocycles. The highest BCUT2D eigenvalue weighted by molar-refractivity contribution is 6.09. The molecular formula is C57H71N11O5. The van der Waals surface area contributed by atoms with Crippen molar-refractivity contribution in [2.75, 3.05) is 60.9 Å². The highest BCUT2D eigenvalue weighted by Gasteiger charge is 2.57. The Morgan fingerprint density at radius 1 is 0.808 bits per heavy atom. The van der Waals surface area contributed by atoms with E-state index in [0.717, 1.165) is 128 Å². The van der Waals surface area contributed by atoms with Crippen molar-refractivity contribution in [1.29, 1.82) is 0 Å². The summed E-state index contributed by atoms with van der Waals surface area (Å²) in [6.45, 7) is 9.84. The van der Waals surface area contributed by atoms with E-state index < -0.39 is 5.41 Å². The van der Waals surface area contributed by atoms with Crippen molar-refractivity contribution in [3.05, 3.63) is 60.0 Å². The number of carbonyl (C=O) groups excluding carboxylic acids is 5. The summed E-state index contributed by atoms with van der Waals surface area (Å²) < 4.78 is 2.20. The number of aromatic nitrogens is 4. The van der Waals surface area contributed by atoms with Crippen molar-refractivity contribution in [2.24, 2.45) is 17.8 Å². The Morgan fingerprint density at radius 2 is 1.60 bits per heavy atom. The molecule has 16 nitrogen and oxygen atoms in total. The molecule has 3 aliphatic carbocycles. The van der Waals surface area contributed by atoms with Gasteiger partial charge in [-0.15, -0.1) is 0 Å². The number of imidazole rings is 1. The van der Waals surface area contributed by atoms with Crippen molar-refractivity contribution in [3.63, 3.8) is 0 Å². The molecule has 3 aromatic heterocycles. The Labute approximate surface area is 428 Å². The number of nitrogens with one attached hydrogen (secondary N) is 2. The van der Waals surface area contributed by atoms with Crippen LogP contribution in [0, 0.1) is 17.8 Å². The molecule has 9 fully saturated rings. The average Bonchev–Trinajstić information content (AvgIpc) is 4.07. The Balaban J connectivity index is 0.702. The maximum atomic E-state index is 15.4. The summed E-state index contributed by atoms with van der Waals surface area (Å²) >= 11 is 0. The Hall–Kier alpha value is -5.90. The molecule has 73 heavy (non-hydrogen) atoms. The Morgan fingerprint density at radius 3 is 2.32 bits per heavy atom.